The number of aromatic nitrogens is 2. The maximum atomic E-state index is 11.0. The van der Waals surface area contributed by atoms with Crippen molar-refractivity contribution in [1.82, 2.24) is 9.97 Å². The molecule has 1 fully saturated rings. The number of aryl methyl sites for hydroxylation is 1. The van der Waals surface area contributed by atoms with E-state index in [1.54, 1.807) is 0 Å². The van der Waals surface area contributed by atoms with Gasteiger partial charge in [-0.25, -0.2) is 4.98 Å². The highest BCUT2D eigenvalue weighted by molar-refractivity contribution is 5.60. The zero-order valence-electron chi connectivity index (χ0n) is 10.0. The molecule has 1 saturated heterocycles. The number of nitro groups is 1. The molecular weight excluding hydrogens is 238 g/mol. The Labute approximate surface area is 104 Å². The molecule has 8 nitrogen and oxygen atoms in total. The van der Waals surface area contributed by atoms with E-state index in [1.807, 2.05) is 0 Å². The fourth-order valence-corrected chi connectivity index (χ4v) is 1.95. The van der Waals surface area contributed by atoms with Gasteiger partial charge in [-0.05, 0) is 19.8 Å². The van der Waals surface area contributed by atoms with E-state index in [9.17, 15) is 10.1 Å². The first-order valence-corrected chi connectivity index (χ1v) is 5.72. The minimum absolute atomic E-state index is 0.0212. The topological polar surface area (TPSA) is 116 Å². The van der Waals surface area contributed by atoms with Crippen molar-refractivity contribution >= 4 is 17.5 Å². The van der Waals surface area contributed by atoms with Crippen molar-refractivity contribution in [3.05, 3.63) is 15.8 Å². The van der Waals surface area contributed by atoms with Gasteiger partial charge in [-0.15, -0.1) is 0 Å². The van der Waals surface area contributed by atoms with E-state index in [1.165, 1.54) is 6.92 Å². The molecule has 1 aromatic rings. The summed E-state index contributed by atoms with van der Waals surface area (Å²) in [6, 6.07) is 0. The van der Waals surface area contributed by atoms with Crippen molar-refractivity contribution in [2.75, 3.05) is 24.2 Å². The lowest BCUT2D eigenvalue weighted by Gasteiger charge is -2.12. The zero-order valence-corrected chi connectivity index (χ0v) is 10.0. The van der Waals surface area contributed by atoms with E-state index in [0.717, 1.165) is 19.4 Å². The predicted octanol–water partition coefficient (Wildman–Crippen LogP) is 0.866. The van der Waals surface area contributed by atoms with Gasteiger partial charge >= 0.3 is 5.69 Å². The molecule has 1 atom stereocenters. The molecule has 0 spiro atoms. The second-order valence-corrected chi connectivity index (χ2v) is 4.14. The Morgan fingerprint density at radius 1 is 1.61 bits per heavy atom. The lowest BCUT2D eigenvalue weighted by molar-refractivity contribution is -0.385. The van der Waals surface area contributed by atoms with Crippen molar-refractivity contribution in [1.29, 1.82) is 0 Å². The molecule has 18 heavy (non-hydrogen) atoms. The van der Waals surface area contributed by atoms with Crippen LogP contribution in [0.2, 0.25) is 0 Å². The number of nitrogen functional groups attached to an aromatic ring is 1. The average molecular weight is 253 g/mol. The first-order valence-electron chi connectivity index (χ1n) is 5.72. The van der Waals surface area contributed by atoms with Crippen LogP contribution in [-0.4, -0.2) is 34.1 Å². The summed E-state index contributed by atoms with van der Waals surface area (Å²) in [5.41, 5.74) is 5.61. The molecule has 0 radical (unpaired) electrons. The van der Waals surface area contributed by atoms with Gasteiger partial charge < -0.3 is 15.8 Å². The van der Waals surface area contributed by atoms with E-state index < -0.39 is 4.92 Å². The van der Waals surface area contributed by atoms with E-state index in [0.29, 0.717) is 6.54 Å². The number of hydrogen-bond acceptors (Lipinski definition) is 7. The molecule has 1 aliphatic rings. The fourth-order valence-electron chi connectivity index (χ4n) is 1.95. The van der Waals surface area contributed by atoms with Crippen molar-refractivity contribution < 1.29 is 9.66 Å². The minimum Gasteiger partial charge on any atom is -0.376 e. The maximum Gasteiger partial charge on any atom is 0.332 e. The first-order chi connectivity index (χ1) is 8.58. The Hall–Kier alpha value is -1.96. The first kappa shape index (κ1) is 12.5. The highest BCUT2D eigenvalue weighted by Gasteiger charge is 2.23. The van der Waals surface area contributed by atoms with Gasteiger partial charge in [-0.2, -0.15) is 4.98 Å². The molecule has 0 aromatic carbocycles. The molecule has 1 aliphatic heterocycles. The standard InChI is InChI=1S/C10H15N5O3/c1-6-8(15(16)17)9(14-10(11)13-6)12-5-7-3-2-4-18-7/h7H,2-5H2,1H3,(H3,11,12,13,14). The zero-order chi connectivity index (χ0) is 13.1. The van der Waals surface area contributed by atoms with Crippen LogP contribution >= 0.6 is 0 Å². The molecule has 1 unspecified atom stereocenters. The van der Waals surface area contributed by atoms with Gasteiger partial charge in [0.15, 0.2) is 0 Å². The number of nitrogens with one attached hydrogen (secondary N) is 1. The van der Waals surface area contributed by atoms with E-state index in [4.69, 9.17) is 10.5 Å². The van der Waals surface area contributed by atoms with Gasteiger partial charge in [0.05, 0.1) is 11.0 Å². The molecule has 0 bridgehead atoms. The summed E-state index contributed by atoms with van der Waals surface area (Å²) < 4.78 is 5.43. The number of ether oxygens (including phenoxy) is 1. The van der Waals surface area contributed by atoms with Crippen LogP contribution in [0, 0.1) is 17.0 Å². The molecule has 3 N–H and O–H groups in total. The van der Waals surface area contributed by atoms with Crippen molar-refractivity contribution in [2.45, 2.75) is 25.9 Å². The highest BCUT2D eigenvalue weighted by Crippen LogP contribution is 2.26. The number of hydrogen-bond donors (Lipinski definition) is 2. The highest BCUT2D eigenvalue weighted by atomic mass is 16.6. The summed E-state index contributed by atoms with van der Waals surface area (Å²) in [7, 11) is 0. The maximum absolute atomic E-state index is 11.0. The van der Waals surface area contributed by atoms with Crippen LogP contribution in [0.3, 0.4) is 0 Å². The van der Waals surface area contributed by atoms with Crippen LogP contribution < -0.4 is 11.1 Å². The quantitative estimate of drug-likeness (QED) is 0.603. The molecular formula is C10H15N5O3. The summed E-state index contributed by atoms with van der Waals surface area (Å²) in [6.07, 6.45) is 2.03. The van der Waals surface area contributed by atoms with Gasteiger partial charge in [-0.1, -0.05) is 0 Å². The second kappa shape index (κ2) is 5.13. The third-order valence-corrected chi connectivity index (χ3v) is 2.78. The number of rotatable bonds is 4. The molecule has 2 heterocycles. The lowest BCUT2D eigenvalue weighted by Crippen LogP contribution is -2.20. The Morgan fingerprint density at radius 2 is 2.39 bits per heavy atom. The SMILES string of the molecule is Cc1nc(N)nc(NCC2CCCO2)c1[N+](=O)[O-]. The normalized spacial score (nSPS) is 18.8. The van der Waals surface area contributed by atoms with E-state index in [-0.39, 0.29) is 29.3 Å². The largest absolute Gasteiger partial charge is 0.376 e. The minimum atomic E-state index is -0.507. The Morgan fingerprint density at radius 3 is 3.00 bits per heavy atom. The van der Waals surface area contributed by atoms with Gasteiger partial charge in [0.2, 0.25) is 11.8 Å². The third kappa shape index (κ3) is 2.65. The van der Waals surface area contributed by atoms with Crippen LogP contribution in [-0.2, 0) is 4.74 Å². The molecule has 1 aromatic heterocycles. The monoisotopic (exact) mass is 253 g/mol. The van der Waals surface area contributed by atoms with E-state index >= 15 is 0 Å². The van der Waals surface area contributed by atoms with Crippen LogP contribution in [0.25, 0.3) is 0 Å². The Balaban J connectivity index is 2.16. The van der Waals surface area contributed by atoms with Crippen molar-refractivity contribution in [3.8, 4) is 0 Å². The van der Waals surface area contributed by atoms with Crippen LogP contribution in [0.15, 0.2) is 0 Å². The molecule has 98 valence electrons. The fraction of sp³-hybridized carbons (Fsp3) is 0.600. The van der Waals surface area contributed by atoms with Gasteiger partial charge in [-0.3, -0.25) is 10.1 Å². The van der Waals surface area contributed by atoms with Gasteiger partial charge in [0.1, 0.15) is 5.69 Å². The number of anilines is 2. The third-order valence-electron chi connectivity index (χ3n) is 2.78. The average Bonchev–Trinajstić information content (AvgIpc) is 2.77. The second-order valence-electron chi connectivity index (χ2n) is 4.14. The molecule has 0 aliphatic carbocycles. The molecule has 0 saturated carbocycles. The summed E-state index contributed by atoms with van der Waals surface area (Å²) >= 11 is 0. The van der Waals surface area contributed by atoms with Crippen LogP contribution in [0.4, 0.5) is 17.5 Å². The van der Waals surface area contributed by atoms with Crippen molar-refractivity contribution in [3.63, 3.8) is 0 Å². The van der Waals surface area contributed by atoms with Crippen LogP contribution in [0.1, 0.15) is 18.5 Å². The van der Waals surface area contributed by atoms with Gasteiger partial charge in [0.25, 0.3) is 0 Å². The van der Waals surface area contributed by atoms with Crippen molar-refractivity contribution in [2.24, 2.45) is 0 Å². The Bertz CT molecular complexity index is 459. The summed E-state index contributed by atoms with van der Waals surface area (Å²) in [6.45, 7) is 2.75. The summed E-state index contributed by atoms with van der Waals surface area (Å²) in [5, 5.41) is 13.9. The van der Waals surface area contributed by atoms with Gasteiger partial charge in [0, 0.05) is 13.2 Å². The number of nitrogens with zero attached hydrogens (tertiary/aromatic N) is 3. The summed E-state index contributed by atoms with van der Waals surface area (Å²) in [4.78, 5) is 18.1. The van der Waals surface area contributed by atoms with Crippen LogP contribution in [0.5, 0.6) is 0 Å². The molecule has 2 rings (SSSR count). The molecule has 0 amide bonds. The predicted molar refractivity (Wildman–Crippen MR) is 65.3 cm³/mol. The summed E-state index contributed by atoms with van der Waals surface area (Å²) in [5.74, 6) is 0.174. The van der Waals surface area contributed by atoms with E-state index in [2.05, 4.69) is 15.3 Å². The Kier molecular flexibility index (Phi) is 3.56. The lowest BCUT2D eigenvalue weighted by atomic mass is 10.2. The molecule has 8 heteroatoms. The number of nitrogens with two attached hydrogens (primary N) is 1. The smallest absolute Gasteiger partial charge is 0.332 e.